The van der Waals surface area contributed by atoms with Crippen molar-refractivity contribution in [3.05, 3.63) is 53.6 Å². The van der Waals surface area contributed by atoms with Gasteiger partial charge in [0, 0.05) is 19.6 Å². The quantitative estimate of drug-likeness (QED) is 0.300. The van der Waals surface area contributed by atoms with E-state index in [0.717, 1.165) is 42.5 Å². The summed E-state index contributed by atoms with van der Waals surface area (Å²) in [5.41, 5.74) is 3.81. The highest BCUT2D eigenvalue weighted by molar-refractivity contribution is 5.75. The van der Waals surface area contributed by atoms with Crippen molar-refractivity contribution in [2.45, 2.75) is 78.2 Å². The number of carbonyl (C=O) groups excluding carboxylic acids is 1. The van der Waals surface area contributed by atoms with Gasteiger partial charge in [0.2, 0.25) is 0 Å². The molecule has 2 heterocycles. The van der Waals surface area contributed by atoms with E-state index in [9.17, 15) is 4.79 Å². The molecule has 2 aromatic carbocycles. The molecule has 1 aliphatic rings. The molecule has 0 spiro atoms. The average molecular weight is 522 g/mol. The van der Waals surface area contributed by atoms with Crippen LogP contribution in [0.5, 0.6) is 5.75 Å². The van der Waals surface area contributed by atoms with Crippen LogP contribution >= 0.6 is 0 Å². The summed E-state index contributed by atoms with van der Waals surface area (Å²) in [6.45, 7) is 15.1. The van der Waals surface area contributed by atoms with Crippen molar-refractivity contribution in [1.29, 1.82) is 0 Å². The Bertz CT molecular complexity index is 1220. The molecule has 0 radical (unpaired) electrons. The average Bonchev–Trinajstić information content (AvgIpc) is 3.48. The molecule has 1 amide bonds. The van der Waals surface area contributed by atoms with E-state index in [1.54, 1.807) is 4.90 Å². The number of aromatic nitrogens is 1. The summed E-state index contributed by atoms with van der Waals surface area (Å²) < 4.78 is 17.5. The number of fused-ring (bicyclic) bond motifs is 1. The molecule has 206 valence electrons. The first kappa shape index (κ1) is 27.8. The van der Waals surface area contributed by atoms with Gasteiger partial charge in [-0.25, -0.2) is 4.79 Å². The zero-order valence-electron chi connectivity index (χ0n) is 23.8. The van der Waals surface area contributed by atoms with Gasteiger partial charge in [0.25, 0.3) is 6.01 Å². The van der Waals surface area contributed by atoms with Crippen molar-refractivity contribution in [3.63, 3.8) is 0 Å². The van der Waals surface area contributed by atoms with E-state index in [-0.39, 0.29) is 11.5 Å². The van der Waals surface area contributed by atoms with Crippen molar-refractivity contribution < 1.29 is 18.7 Å². The molecular weight excluding hydrogens is 478 g/mol. The number of anilines is 1. The molecule has 0 aliphatic carbocycles. The van der Waals surface area contributed by atoms with Crippen LogP contribution in [-0.2, 0) is 16.6 Å². The molecule has 0 unspecified atom stereocenters. The first-order valence-electron chi connectivity index (χ1n) is 13.8. The van der Waals surface area contributed by atoms with Crippen molar-refractivity contribution in [2.24, 2.45) is 5.92 Å². The SMILES string of the molecule is CC(C)(C)OC(=O)N1CC[C@H](CNc2nc3ccc(CCCCOc4cccc(C(C)(C)C)c4)cc3o2)C1. The predicted molar refractivity (Wildman–Crippen MR) is 152 cm³/mol. The zero-order chi connectivity index (χ0) is 27.3. The molecule has 1 atom stereocenters. The molecule has 1 aromatic heterocycles. The van der Waals surface area contributed by atoms with Gasteiger partial charge in [0.1, 0.15) is 16.9 Å². The Hall–Kier alpha value is -3.22. The molecule has 0 bridgehead atoms. The number of hydrogen-bond acceptors (Lipinski definition) is 6. The summed E-state index contributed by atoms with van der Waals surface area (Å²) in [4.78, 5) is 18.7. The normalized spacial score (nSPS) is 16.2. The maximum atomic E-state index is 12.3. The Morgan fingerprint density at radius 2 is 1.92 bits per heavy atom. The lowest BCUT2D eigenvalue weighted by Gasteiger charge is -2.24. The molecule has 1 fully saturated rings. The van der Waals surface area contributed by atoms with Gasteiger partial charge in [-0.15, -0.1) is 0 Å². The standard InChI is InChI=1S/C31H43N3O4/c1-30(2,3)24-11-9-12-25(19-24)36-17-8-7-10-22-13-14-26-27(18-22)37-28(33-26)32-20-23-15-16-34(21-23)29(35)38-31(4,5)6/h9,11-14,18-19,23H,7-8,10,15-17,20-21H2,1-6H3,(H,32,33)/t23-/m1/s1. The van der Waals surface area contributed by atoms with E-state index >= 15 is 0 Å². The second-order valence-electron chi connectivity index (χ2n) is 12.4. The van der Waals surface area contributed by atoms with Gasteiger partial charge in [-0.2, -0.15) is 4.98 Å². The molecule has 7 heteroatoms. The summed E-state index contributed by atoms with van der Waals surface area (Å²) in [5, 5.41) is 3.32. The Morgan fingerprint density at radius 1 is 1.11 bits per heavy atom. The molecule has 1 saturated heterocycles. The number of likely N-dealkylation sites (tertiary alicyclic amines) is 1. The van der Waals surface area contributed by atoms with Crippen LogP contribution in [0.1, 0.15) is 71.9 Å². The molecule has 7 nitrogen and oxygen atoms in total. The fraction of sp³-hybridized carbons (Fsp3) is 0.548. The number of carbonyl (C=O) groups is 1. The number of unbranched alkanes of at least 4 members (excludes halogenated alkanes) is 1. The highest BCUT2D eigenvalue weighted by atomic mass is 16.6. The van der Waals surface area contributed by atoms with Gasteiger partial charge < -0.3 is 24.1 Å². The molecule has 4 rings (SSSR count). The van der Waals surface area contributed by atoms with Crippen LogP contribution < -0.4 is 10.1 Å². The van der Waals surface area contributed by atoms with Gasteiger partial charge >= 0.3 is 6.09 Å². The summed E-state index contributed by atoms with van der Waals surface area (Å²) in [7, 11) is 0. The maximum Gasteiger partial charge on any atom is 0.410 e. The summed E-state index contributed by atoms with van der Waals surface area (Å²) in [6, 6.07) is 15.2. The van der Waals surface area contributed by atoms with Crippen LogP contribution in [0.2, 0.25) is 0 Å². The van der Waals surface area contributed by atoms with E-state index < -0.39 is 5.60 Å². The minimum atomic E-state index is -0.475. The minimum absolute atomic E-state index is 0.119. The lowest BCUT2D eigenvalue weighted by molar-refractivity contribution is 0.0289. The van der Waals surface area contributed by atoms with E-state index in [2.05, 4.69) is 61.4 Å². The summed E-state index contributed by atoms with van der Waals surface area (Å²) in [5.74, 6) is 1.28. The number of amides is 1. The number of nitrogens with zero attached hydrogens (tertiary/aromatic N) is 2. The number of oxazole rings is 1. The molecule has 0 saturated carbocycles. The number of nitrogens with one attached hydrogen (secondary N) is 1. The van der Waals surface area contributed by atoms with Gasteiger partial charge in [-0.3, -0.25) is 0 Å². The minimum Gasteiger partial charge on any atom is -0.494 e. The fourth-order valence-electron chi connectivity index (χ4n) is 4.60. The highest BCUT2D eigenvalue weighted by Gasteiger charge is 2.29. The lowest BCUT2D eigenvalue weighted by atomic mass is 9.87. The van der Waals surface area contributed by atoms with E-state index in [4.69, 9.17) is 13.9 Å². The third-order valence-corrected chi connectivity index (χ3v) is 6.76. The van der Waals surface area contributed by atoms with Crippen LogP contribution in [0.4, 0.5) is 10.8 Å². The monoisotopic (exact) mass is 521 g/mol. The topological polar surface area (TPSA) is 76.8 Å². The first-order chi connectivity index (χ1) is 18.0. The van der Waals surface area contributed by atoms with Crippen LogP contribution in [0.25, 0.3) is 11.1 Å². The van der Waals surface area contributed by atoms with Crippen molar-refractivity contribution >= 4 is 23.2 Å². The van der Waals surface area contributed by atoms with Gasteiger partial charge in [0.05, 0.1) is 6.61 Å². The van der Waals surface area contributed by atoms with Crippen molar-refractivity contribution in [1.82, 2.24) is 9.88 Å². The van der Waals surface area contributed by atoms with Crippen LogP contribution in [0.3, 0.4) is 0 Å². The summed E-state index contributed by atoms with van der Waals surface area (Å²) in [6.07, 6.45) is 3.69. The number of benzene rings is 2. The summed E-state index contributed by atoms with van der Waals surface area (Å²) >= 11 is 0. The molecule has 3 aromatic rings. The smallest absolute Gasteiger partial charge is 0.410 e. The first-order valence-corrected chi connectivity index (χ1v) is 13.8. The number of hydrogen-bond donors (Lipinski definition) is 1. The zero-order valence-corrected chi connectivity index (χ0v) is 23.8. The molecule has 38 heavy (non-hydrogen) atoms. The van der Waals surface area contributed by atoms with E-state index in [0.29, 0.717) is 38.2 Å². The number of rotatable bonds is 9. The van der Waals surface area contributed by atoms with Crippen LogP contribution in [0, 0.1) is 5.92 Å². The molecular formula is C31H43N3O4. The van der Waals surface area contributed by atoms with Crippen LogP contribution in [-0.4, -0.2) is 47.8 Å². The van der Waals surface area contributed by atoms with Gasteiger partial charge in [-0.1, -0.05) is 39.0 Å². The Labute approximate surface area is 226 Å². The van der Waals surface area contributed by atoms with Crippen molar-refractivity contribution in [3.8, 4) is 5.75 Å². The van der Waals surface area contributed by atoms with E-state index in [1.807, 2.05) is 32.9 Å². The van der Waals surface area contributed by atoms with Crippen molar-refractivity contribution in [2.75, 3.05) is 31.6 Å². The second kappa shape index (κ2) is 11.7. The third-order valence-electron chi connectivity index (χ3n) is 6.76. The largest absolute Gasteiger partial charge is 0.494 e. The van der Waals surface area contributed by atoms with Gasteiger partial charge in [0.15, 0.2) is 5.58 Å². The fourth-order valence-corrected chi connectivity index (χ4v) is 4.60. The molecule has 1 N–H and O–H groups in total. The van der Waals surface area contributed by atoms with E-state index in [1.165, 1.54) is 11.1 Å². The Morgan fingerprint density at radius 3 is 2.68 bits per heavy atom. The van der Waals surface area contributed by atoms with Gasteiger partial charge in [-0.05, 0) is 93.2 Å². The maximum absolute atomic E-state index is 12.3. The second-order valence-corrected chi connectivity index (χ2v) is 12.4. The molecule has 1 aliphatic heterocycles. The number of ether oxygens (including phenoxy) is 2. The third kappa shape index (κ3) is 7.89. The Kier molecular flexibility index (Phi) is 8.54. The predicted octanol–water partition coefficient (Wildman–Crippen LogP) is 7.20. The van der Waals surface area contributed by atoms with Crippen LogP contribution in [0.15, 0.2) is 46.9 Å². The highest BCUT2D eigenvalue weighted by Crippen LogP contribution is 2.26. The number of aryl methyl sites for hydroxylation is 1. The lowest BCUT2D eigenvalue weighted by Crippen LogP contribution is -2.35. The Balaban J connectivity index is 1.20.